The molecule has 2 rings (SSSR count). The zero-order chi connectivity index (χ0) is 18.7. The van der Waals surface area contributed by atoms with Crippen molar-refractivity contribution in [3.8, 4) is 0 Å². The molecule has 0 aliphatic rings. The average molecular weight is 364 g/mol. The monoisotopic (exact) mass is 363 g/mol. The van der Waals surface area contributed by atoms with Crippen LogP contribution in [0.3, 0.4) is 0 Å². The van der Waals surface area contributed by atoms with Crippen LogP contribution < -0.4 is 5.32 Å². The Bertz CT molecular complexity index is 812. The summed E-state index contributed by atoms with van der Waals surface area (Å²) in [5.41, 5.74) is 3.64. The normalized spacial score (nSPS) is 11.8. The lowest BCUT2D eigenvalue weighted by molar-refractivity contribution is -0.123. The molecule has 0 aliphatic heterocycles. The predicted molar refractivity (Wildman–Crippen MR) is 95.6 cm³/mol. The van der Waals surface area contributed by atoms with Crippen molar-refractivity contribution >= 4 is 29.2 Å². The molecule has 0 radical (unpaired) electrons. The molecule has 0 unspecified atom stereocenters. The van der Waals surface area contributed by atoms with E-state index in [0.717, 1.165) is 28.8 Å². The molecule has 0 spiro atoms. The fraction of sp³-hybridized carbons (Fsp3) is 0.263. The van der Waals surface area contributed by atoms with Crippen molar-refractivity contribution in [2.75, 3.05) is 5.32 Å². The molecule has 0 fully saturated rings. The fourth-order valence-corrected chi connectivity index (χ4v) is 2.78. The van der Waals surface area contributed by atoms with Crippen LogP contribution in [0.5, 0.6) is 0 Å². The Balaban J connectivity index is 2.09. The summed E-state index contributed by atoms with van der Waals surface area (Å²) in [4.78, 5) is 24.4. The van der Waals surface area contributed by atoms with Gasteiger partial charge in [0.15, 0.2) is 6.10 Å². The Morgan fingerprint density at radius 2 is 1.72 bits per heavy atom. The van der Waals surface area contributed by atoms with E-state index < -0.39 is 23.8 Å². The van der Waals surface area contributed by atoms with Crippen molar-refractivity contribution in [3.63, 3.8) is 0 Å². The maximum Gasteiger partial charge on any atom is 0.340 e. The Hall–Kier alpha value is -2.40. The topological polar surface area (TPSA) is 55.4 Å². The summed E-state index contributed by atoms with van der Waals surface area (Å²) in [6.45, 7) is 7.22. The molecule has 1 N–H and O–H groups in total. The number of benzene rings is 2. The van der Waals surface area contributed by atoms with Gasteiger partial charge in [-0.3, -0.25) is 4.79 Å². The predicted octanol–water partition coefficient (Wildman–Crippen LogP) is 4.59. The van der Waals surface area contributed by atoms with Crippen LogP contribution in [0.4, 0.5) is 10.1 Å². The molecule has 1 amide bonds. The number of hydrogen-bond acceptors (Lipinski definition) is 3. The molecule has 0 heterocycles. The van der Waals surface area contributed by atoms with Crippen LogP contribution in [0, 0.1) is 26.6 Å². The van der Waals surface area contributed by atoms with Gasteiger partial charge in [-0.15, -0.1) is 0 Å². The first-order valence-electron chi connectivity index (χ1n) is 7.73. The minimum atomic E-state index is -1.03. The van der Waals surface area contributed by atoms with Crippen LogP contribution in [-0.4, -0.2) is 18.0 Å². The zero-order valence-corrected chi connectivity index (χ0v) is 15.2. The number of ether oxygens (including phenoxy) is 1. The highest BCUT2D eigenvalue weighted by atomic mass is 35.5. The van der Waals surface area contributed by atoms with Crippen molar-refractivity contribution in [1.82, 2.24) is 0 Å². The molecule has 0 saturated heterocycles. The van der Waals surface area contributed by atoms with Gasteiger partial charge in [-0.1, -0.05) is 29.3 Å². The number of carbonyl (C=O) groups excluding carboxylic acids is 2. The molecule has 2 aromatic rings. The number of halogens is 2. The summed E-state index contributed by atoms with van der Waals surface area (Å²) < 4.78 is 18.2. The van der Waals surface area contributed by atoms with Crippen molar-refractivity contribution in [1.29, 1.82) is 0 Å². The van der Waals surface area contributed by atoms with E-state index in [1.807, 2.05) is 32.9 Å². The van der Waals surface area contributed by atoms with Gasteiger partial charge in [-0.25, -0.2) is 9.18 Å². The molecule has 0 saturated carbocycles. The first-order valence-corrected chi connectivity index (χ1v) is 8.11. The number of carbonyl (C=O) groups is 2. The average Bonchev–Trinajstić information content (AvgIpc) is 2.50. The van der Waals surface area contributed by atoms with Crippen LogP contribution in [-0.2, 0) is 9.53 Å². The second-order valence-electron chi connectivity index (χ2n) is 5.93. The number of rotatable bonds is 4. The molecule has 132 valence electrons. The Kier molecular flexibility index (Phi) is 5.80. The summed E-state index contributed by atoms with van der Waals surface area (Å²) >= 11 is 5.83. The molecule has 1 atom stereocenters. The van der Waals surface area contributed by atoms with Gasteiger partial charge in [0.25, 0.3) is 5.91 Å². The number of aryl methyl sites for hydroxylation is 3. The van der Waals surface area contributed by atoms with Crippen molar-refractivity contribution < 1.29 is 18.7 Å². The standard InChI is InChI=1S/C19H19ClFNO3/c1-10-7-11(2)17(12(3)8-10)22-18(23)13(4)25-19(24)15-6-5-14(21)9-16(15)20/h5-9,13H,1-4H3,(H,22,23)/t13-/m1/s1. The first-order chi connectivity index (χ1) is 11.7. The Morgan fingerprint density at radius 3 is 2.28 bits per heavy atom. The highest BCUT2D eigenvalue weighted by molar-refractivity contribution is 6.33. The minimum absolute atomic E-state index is 0.00501. The maximum atomic E-state index is 13.0. The molecular weight excluding hydrogens is 345 g/mol. The highest BCUT2D eigenvalue weighted by Gasteiger charge is 2.21. The summed E-state index contributed by atoms with van der Waals surface area (Å²) in [7, 11) is 0. The van der Waals surface area contributed by atoms with Gasteiger partial charge in [-0.05, 0) is 57.0 Å². The van der Waals surface area contributed by atoms with Gasteiger partial charge in [0.2, 0.25) is 0 Å². The van der Waals surface area contributed by atoms with Gasteiger partial charge < -0.3 is 10.1 Å². The smallest absolute Gasteiger partial charge is 0.340 e. The molecule has 0 aliphatic carbocycles. The molecule has 25 heavy (non-hydrogen) atoms. The number of amides is 1. The quantitative estimate of drug-likeness (QED) is 0.808. The van der Waals surface area contributed by atoms with E-state index >= 15 is 0 Å². The second-order valence-corrected chi connectivity index (χ2v) is 6.34. The Morgan fingerprint density at radius 1 is 1.12 bits per heavy atom. The van der Waals surface area contributed by atoms with Crippen LogP contribution in [0.2, 0.25) is 5.02 Å². The van der Waals surface area contributed by atoms with Crippen LogP contribution >= 0.6 is 11.6 Å². The maximum absolute atomic E-state index is 13.0. The van der Waals surface area contributed by atoms with E-state index in [1.165, 1.54) is 13.0 Å². The SMILES string of the molecule is Cc1cc(C)c(NC(=O)[C@@H](C)OC(=O)c2ccc(F)cc2Cl)c(C)c1. The van der Waals surface area contributed by atoms with Gasteiger partial charge >= 0.3 is 5.97 Å². The Labute approximate surface area is 150 Å². The highest BCUT2D eigenvalue weighted by Crippen LogP contribution is 2.23. The van der Waals surface area contributed by atoms with Crippen molar-refractivity contribution in [2.45, 2.75) is 33.8 Å². The largest absolute Gasteiger partial charge is 0.449 e. The number of esters is 1. The van der Waals surface area contributed by atoms with E-state index in [0.29, 0.717) is 5.69 Å². The third kappa shape index (κ3) is 4.57. The van der Waals surface area contributed by atoms with Gasteiger partial charge in [0.05, 0.1) is 10.6 Å². The number of nitrogens with one attached hydrogen (secondary N) is 1. The van der Waals surface area contributed by atoms with E-state index in [1.54, 1.807) is 0 Å². The van der Waals surface area contributed by atoms with Gasteiger partial charge in [0, 0.05) is 5.69 Å². The number of hydrogen-bond donors (Lipinski definition) is 1. The summed E-state index contributed by atoms with van der Waals surface area (Å²) in [5.74, 6) is -1.80. The third-order valence-electron chi connectivity index (χ3n) is 3.73. The number of anilines is 1. The first kappa shape index (κ1) is 18.9. The van der Waals surface area contributed by atoms with Crippen LogP contribution in [0.15, 0.2) is 30.3 Å². The zero-order valence-electron chi connectivity index (χ0n) is 14.4. The summed E-state index contributed by atoms with van der Waals surface area (Å²) in [5, 5.41) is 2.71. The molecule has 2 aromatic carbocycles. The van der Waals surface area contributed by atoms with Crippen molar-refractivity contribution in [3.05, 3.63) is 63.4 Å². The summed E-state index contributed by atoms with van der Waals surface area (Å²) in [6.07, 6.45) is -1.03. The van der Waals surface area contributed by atoms with Gasteiger partial charge in [-0.2, -0.15) is 0 Å². The van der Waals surface area contributed by atoms with E-state index in [-0.39, 0.29) is 10.6 Å². The van der Waals surface area contributed by atoms with Gasteiger partial charge in [0.1, 0.15) is 5.82 Å². The molecule has 0 aromatic heterocycles. The lowest BCUT2D eigenvalue weighted by Gasteiger charge is -2.17. The molecule has 4 nitrogen and oxygen atoms in total. The lowest BCUT2D eigenvalue weighted by atomic mass is 10.0. The summed E-state index contributed by atoms with van der Waals surface area (Å²) in [6, 6.07) is 7.25. The molecule has 6 heteroatoms. The van der Waals surface area contributed by atoms with Crippen molar-refractivity contribution in [2.24, 2.45) is 0 Å². The molecular formula is C19H19ClFNO3. The van der Waals surface area contributed by atoms with Crippen LogP contribution in [0.25, 0.3) is 0 Å². The fourth-order valence-electron chi connectivity index (χ4n) is 2.53. The van der Waals surface area contributed by atoms with E-state index in [9.17, 15) is 14.0 Å². The lowest BCUT2D eigenvalue weighted by Crippen LogP contribution is -2.30. The van der Waals surface area contributed by atoms with E-state index in [4.69, 9.17) is 16.3 Å². The second kappa shape index (κ2) is 7.66. The molecule has 0 bridgehead atoms. The van der Waals surface area contributed by atoms with Crippen LogP contribution in [0.1, 0.15) is 34.0 Å². The third-order valence-corrected chi connectivity index (χ3v) is 4.04. The minimum Gasteiger partial charge on any atom is -0.449 e. The van der Waals surface area contributed by atoms with E-state index in [2.05, 4.69) is 5.32 Å².